The van der Waals surface area contributed by atoms with E-state index < -0.39 is 0 Å². The van der Waals surface area contributed by atoms with Crippen LogP contribution in [0, 0.1) is 11.8 Å². The van der Waals surface area contributed by atoms with E-state index in [9.17, 15) is 0 Å². The summed E-state index contributed by atoms with van der Waals surface area (Å²) < 4.78 is 0. The Bertz CT molecular complexity index is 332. The lowest BCUT2D eigenvalue weighted by molar-refractivity contribution is 0.321. The van der Waals surface area contributed by atoms with Crippen LogP contribution in [-0.2, 0) is 0 Å². The van der Waals surface area contributed by atoms with Gasteiger partial charge in [-0.1, -0.05) is 18.0 Å². The van der Waals surface area contributed by atoms with Gasteiger partial charge in [0.1, 0.15) is 0 Å². The van der Waals surface area contributed by atoms with Crippen LogP contribution >= 0.6 is 11.3 Å². The number of thiazole rings is 1. The molecule has 0 aliphatic rings. The molecule has 62 valence electrons. The normalized spacial score (nSPS) is 9.75. The number of hydrogen-bond acceptors (Lipinski definition) is 4. The first-order chi connectivity index (χ1) is 5.86. The maximum absolute atomic E-state index is 8.20. The molecule has 0 atom stereocenters. The smallest absolute Gasteiger partial charge is 0.167 e. The van der Waals surface area contributed by atoms with E-state index in [1.165, 1.54) is 17.6 Å². The molecule has 0 saturated carbocycles. The van der Waals surface area contributed by atoms with Crippen LogP contribution in [-0.4, -0.2) is 16.4 Å². The zero-order valence-corrected chi connectivity index (χ0v) is 7.43. The monoisotopic (exact) mass is 180 g/mol. The Balaban J connectivity index is 2.77. The molecule has 1 aromatic heterocycles. The van der Waals surface area contributed by atoms with Crippen LogP contribution in [0.3, 0.4) is 0 Å². The van der Waals surface area contributed by atoms with Crippen molar-refractivity contribution in [1.29, 1.82) is 0 Å². The highest BCUT2D eigenvalue weighted by atomic mass is 32.1. The third kappa shape index (κ3) is 2.36. The molecule has 0 amide bonds. The van der Waals surface area contributed by atoms with Gasteiger partial charge in [-0.25, -0.2) is 4.98 Å². The number of rotatable bonds is 1. The van der Waals surface area contributed by atoms with E-state index in [1.807, 2.05) is 6.92 Å². The predicted octanol–water partition coefficient (Wildman–Crippen LogP) is 1.71. The van der Waals surface area contributed by atoms with Gasteiger partial charge in [-0.05, 0) is 5.92 Å². The molecule has 1 heterocycles. The van der Waals surface area contributed by atoms with Crippen molar-refractivity contribution in [1.82, 2.24) is 4.98 Å². The van der Waals surface area contributed by atoms with E-state index >= 15 is 0 Å². The number of nitrogens with zero attached hydrogens (tertiary/aromatic N) is 2. The maximum atomic E-state index is 8.20. The summed E-state index contributed by atoms with van der Waals surface area (Å²) in [6, 6.07) is 0. The van der Waals surface area contributed by atoms with E-state index in [0.29, 0.717) is 5.69 Å². The summed E-state index contributed by atoms with van der Waals surface area (Å²) in [5.41, 5.74) is 0.642. The molecule has 1 rings (SSSR count). The average Bonchev–Trinajstić information content (AvgIpc) is 2.50. The molecule has 0 fully saturated rings. The molecular formula is C8H8N2OS. The molecule has 1 aromatic rings. The van der Waals surface area contributed by atoms with Crippen molar-refractivity contribution in [2.45, 2.75) is 13.3 Å². The summed E-state index contributed by atoms with van der Waals surface area (Å²) >= 11 is 1.44. The summed E-state index contributed by atoms with van der Waals surface area (Å²) in [7, 11) is 0. The molecule has 0 spiro atoms. The van der Waals surface area contributed by atoms with Gasteiger partial charge in [0.15, 0.2) is 5.01 Å². The van der Waals surface area contributed by atoms with Gasteiger partial charge in [-0.3, -0.25) is 0 Å². The van der Waals surface area contributed by atoms with Gasteiger partial charge < -0.3 is 5.21 Å². The molecule has 0 bridgehead atoms. The Kier molecular flexibility index (Phi) is 3.30. The zero-order valence-electron chi connectivity index (χ0n) is 6.61. The highest BCUT2D eigenvalue weighted by Gasteiger charge is 1.94. The summed E-state index contributed by atoms with van der Waals surface area (Å²) in [4.78, 5) is 4.07. The fraction of sp³-hybridized carbons (Fsp3) is 0.250. The quantitative estimate of drug-likeness (QED) is 0.309. The summed E-state index contributed by atoms with van der Waals surface area (Å²) in [6.07, 6.45) is 2.11. The summed E-state index contributed by atoms with van der Waals surface area (Å²) in [5.74, 6) is 5.80. The van der Waals surface area contributed by atoms with Crippen LogP contribution in [0.5, 0.6) is 0 Å². The van der Waals surface area contributed by atoms with Gasteiger partial charge in [0.2, 0.25) is 0 Å². The molecule has 0 radical (unpaired) electrons. The Morgan fingerprint density at radius 3 is 3.33 bits per heavy atom. The van der Waals surface area contributed by atoms with Crippen LogP contribution in [0.25, 0.3) is 0 Å². The van der Waals surface area contributed by atoms with Crippen molar-refractivity contribution in [2.75, 3.05) is 0 Å². The second-order valence-corrected chi connectivity index (χ2v) is 2.84. The van der Waals surface area contributed by atoms with E-state index in [1.54, 1.807) is 5.38 Å². The molecule has 0 aliphatic carbocycles. The molecule has 0 aromatic carbocycles. The lowest BCUT2D eigenvalue weighted by Gasteiger charge is -1.76. The highest BCUT2D eigenvalue weighted by Crippen LogP contribution is 2.06. The third-order valence-corrected chi connectivity index (χ3v) is 1.86. The molecule has 4 heteroatoms. The van der Waals surface area contributed by atoms with Crippen LogP contribution in [0.2, 0.25) is 0 Å². The second-order valence-electron chi connectivity index (χ2n) is 1.98. The molecule has 0 unspecified atom stereocenters. The van der Waals surface area contributed by atoms with Gasteiger partial charge in [0, 0.05) is 11.8 Å². The lowest BCUT2D eigenvalue weighted by atomic mass is 10.5. The minimum atomic E-state index is 0.642. The van der Waals surface area contributed by atoms with Crippen molar-refractivity contribution in [2.24, 2.45) is 5.16 Å². The van der Waals surface area contributed by atoms with Crippen molar-refractivity contribution in [3.8, 4) is 11.8 Å². The van der Waals surface area contributed by atoms with E-state index in [-0.39, 0.29) is 0 Å². The number of aromatic nitrogens is 1. The van der Waals surface area contributed by atoms with Crippen LogP contribution < -0.4 is 0 Å². The van der Waals surface area contributed by atoms with Crippen LogP contribution in [0.15, 0.2) is 10.5 Å². The fourth-order valence-corrected chi connectivity index (χ4v) is 1.26. The highest BCUT2D eigenvalue weighted by molar-refractivity contribution is 7.10. The first-order valence-corrected chi connectivity index (χ1v) is 4.36. The van der Waals surface area contributed by atoms with E-state index in [4.69, 9.17) is 5.21 Å². The predicted molar refractivity (Wildman–Crippen MR) is 48.7 cm³/mol. The molecular weight excluding hydrogens is 172 g/mol. The SMILES string of the molecule is CCC#Cc1nc(/C=N/O)cs1. The average molecular weight is 180 g/mol. The Morgan fingerprint density at radius 2 is 2.67 bits per heavy atom. The van der Waals surface area contributed by atoms with Gasteiger partial charge in [-0.2, -0.15) is 0 Å². The van der Waals surface area contributed by atoms with Crippen LogP contribution in [0.4, 0.5) is 0 Å². The first-order valence-electron chi connectivity index (χ1n) is 3.48. The van der Waals surface area contributed by atoms with Crippen molar-refractivity contribution < 1.29 is 5.21 Å². The molecule has 12 heavy (non-hydrogen) atoms. The Hall–Kier alpha value is -1.34. The molecule has 3 nitrogen and oxygen atoms in total. The van der Waals surface area contributed by atoms with Gasteiger partial charge in [0.05, 0.1) is 11.9 Å². The lowest BCUT2D eigenvalue weighted by Crippen LogP contribution is -1.80. The maximum Gasteiger partial charge on any atom is 0.167 e. The third-order valence-electron chi connectivity index (χ3n) is 1.08. The molecule has 0 aliphatic heterocycles. The first kappa shape index (κ1) is 8.75. The van der Waals surface area contributed by atoms with Crippen molar-refractivity contribution >= 4 is 17.6 Å². The number of oxime groups is 1. The van der Waals surface area contributed by atoms with Gasteiger partial charge in [0.25, 0.3) is 0 Å². The Labute approximate surface area is 74.8 Å². The van der Waals surface area contributed by atoms with Gasteiger partial charge in [-0.15, -0.1) is 11.3 Å². The largest absolute Gasteiger partial charge is 0.411 e. The second kappa shape index (κ2) is 4.52. The van der Waals surface area contributed by atoms with E-state index in [0.717, 1.165) is 11.4 Å². The number of hydrogen-bond donors (Lipinski definition) is 1. The van der Waals surface area contributed by atoms with Crippen LogP contribution in [0.1, 0.15) is 24.0 Å². The fourth-order valence-electron chi connectivity index (χ4n) is 0.626. The Morgan fingerprint density at radius 1 is 1.83 bits per heavy atom. The topological polar surface area (TPSA) is 45.5 Å². The molecule has 0 saturated heterocycles. The zero-order chi connectivity index (χ0) is 8.81. The minimum absolute atomic E-state index is 0.642. The van der Waals surface area contributed by atoms with Gasteiger partial charge >= 0.3 is 0 Å². The van der Waals surface area contributed by atoms with Crippen molar-refractivity contribution in [3.05, 3.63) is 16.1 Å². The van der Waals surface area contributed by atoms with Crippen molar-refractivity contribution in [3.63, 3.8) is 0 Å². The van der Waals surface area contributed by atoms with E-state index in [2.05, 4.69) is 22.0 Å². The summed E-state index contributed by atoms with van der Waals surface area (Å²) in [5, 5.41) is 13.6. The minimum Gasteiger partial charge on any atom is -0.411 e. The molecule has 1 N–H and O–H groups in total. The standard InChI is InChI=1S/C8H8N2OS/c1-2-3-4-8-10-7(5-9-11)6-12-8/h5-6,11H,2H2,1H3/b9-5+. The summed E-state index contributed by atoms with van der Waals surface area (Å²) in [6.45, 7) is 1.98.